The number of aromatic nitrogens is 1. The van der Waals surface area contributed by atoms with Crippen molar-refractivity contribution in [2.24, 2.45) is 5.73 Å². The number of aryl methyl sites for hydroxylation is 1. The van der Waals surface area contributed by atoms with E-state index in [0.29, 0.717) is 5.13 Å². The second kappa shape index (κ2) is 5.07. The van der Waals surface area contributed by atoms with Crippen molar-refractivity contribution >= 4 is 22.4 Å². The minimum absolute atomic E-state index is 0.192. The molecule has 0 saturated heterocycles. The van der Waals surface area contributed by atoms with Gasteiger partial charge in [0.15, 0.2) is 5.13 Å². The minimum atomic E-state index is -0.492. The minimum Gasteiger partial charge on any atom is -0.320 e. The van der Waals surface area contributed by atoms with Crippen molar-refractivity contribution in [3.63, 3.8) is 0 Å². The normalized spacial score (nSPS) is 12.5. The summed E-state index contributed by atoms with van der Waals surface area (Å²) in [5, 5.41) is 3.30. The molecular weight excluding hydrogens is 198 g/mol. The van der Waals surface area contributed by atoms with Crippen molar-refractivity contribution < 1.29 is 4.79 Å². The number of anilines is 1. The van der Waals surface area contributed by atoms with Gasteiger partial charge >= 0.3 is 0 Å². The Morgan fingerprint density at radius 1 is 1.79 bits per heavy atom. The number of amides is 1. The molecule has 0 radical (unpaired) electrons. The van der Waals surface area contributed by atoms with Crippen molar-refractivity contribution in [2.45, 2.75) is 32.7 Å². The molecule has 0 spiro atoms. The van der Waals surface area contributed by atoms with Crippen molar-refractivity contribution in [2.75, 3.05) is 5.32 Å². The Bertz CT molecular complexity index is 309. The number of rotatable bonds is 4. The molecule has 3 N–H and O–H groups in total. The van der Waals surface area contributed by atoms with Gasteiger partial charge in [0.05, 0.1) is 6.04 Å². The first-order valence-corrected chi connectivity index (χ1v) is 5.46. The van der Waals surface area contributed by atoms with E-state index in [9.17, 15) is 4.79 Å². The van der Waals surface area contributed by atoms with Gasteiger partial charge in [-0.05, 0) is 13.3 Å². The molecule has 0 aliphatic rings. The fourth-order valence-corrected chi connectivity index (χ4v) is 1.86. The number of thiazole rings is 1. The molecule has 4 nitrogen and oxygen atoms in total. The van der Waals surface area contributed by atoms with Crippen LogP contribution in [0.15, 0.2) is 6.20 Å². The summed E-state index contributed by atoms with van der Waals surface area (Å²) in [6.45, 7) is 3.76. The highest BCUT2D eigenvalue weighted by atomic mass is 32.1. The summed E-state index contributed by atoms with van der Waals surface area (Å²) >= 11 is 1.50. The molecule has 1 atom stereocenters. The average molecular weight is 213 g/mol. The quantitative estimate of drug-likeness (QED) is 0.794. The molecule has 78 valence electrons. The third-order valence-corrected chi connectivity index (χ3v) is 2.67. The lowest BCUT2D eigenvalue weighted by Gasteiger charge is -2.03. The van der Waals surface area contributed by atoms with Gasteiger partial charge in [-0.1, -0.05) is 13.3 Å². The summed E-state index contributed by atoms with van der Waals surface area (Å²) in [6, 6.07) is -0.492. The second-order valence-corrected chi connectivity index (χ2v) is 4.27. The van der Waals surface area contributed by atoms with Crippen LogP contribution in [0.3, 0.4) is 0 Å². The molecule has 14 heavy (non-hydrogen) atoms. The van der Waals surface area contributed by atoms with Crippen LogP contribution in [-0.2, 0) is 11.2 Å². The van der Waals surface area contributed by atoms with E-state index in [1.165, 1.54) is 16.2 Å². The van der Waals surface area contributed by atoms with Gasteiger partial charge in [0.2, 0.25) is 5.91 Å². The maximum Gasteiger partial charge on any atom is 0.242 e. The average Bonchev–Trinajstić information content (AvgIpc) is 2.53. The van der Waals surface area contributed by atoms with Gasteiger partial charge in [-0.25, -0.2) is 4.98 Å². The Balaban J connectivity index is 2.55. The summed E-state index contributed by atoms with van der Waals surface area (Å²) in [6.07, 6.45) is 3.89. The lowest BCUT2D eigenvalue weighted by Crippen LogP contribution is -2.32. The van der Waals surface area contributed by atoms with Gasteiger partial charge in [0.25, 0.3) is 0 Å². The molecule has 0 fully saturated rings. The van der Waals surface area contributed by atoms with E-state index >= 15 is 0 Å². The maximum atomic E-state index is 11.2. The van der Waals surface area contributed by atoms with Crippen LogP contribution in [0.4, 0.5) is 5.13 Å². The Labute approximate surface area is 87.5 Å². The highest BCUT2D eigenvalue weighted by Crippen LogP contribution is 2.19. The summed E-state index contributed by atoms with van der Waals surface area (Å²) in [7, 11) is 0. The Morgan fingerprint density at radius 3 is 3.07 bits per heavy atom. The first kappa shape index (κ1) is 11.1. The molecule has 0 aromatic carbocycles. The predicted molar refractivity (Wildman–Crippen MR) is 58.4 cm³/mol. The molecule has 1 aromatic heterocycles. The first-order valence-electron chi connectivity index (χ1n) is 4.64. The van der Waals surface area contributed by atoms with Crippen LogP contribution >= 0.6 is 11.3 Å². The van der Waals surface area contributed by atoms with E-state index in [-0.39, 0.29) is 5.91 Å². The Morgan fingerprint density at radius 2 is 2.50 bits per heavy atom. The van der Waals surface area contributed by atoms with E-state index in [0.717, 1.165) is 12.8 Å². The van der Waals surface area contributed by atoms with Crippen LogP contribution < -0.4 is 11.1 Å². The predicted octanol–water partition coefficient (Wildman–Crippen LogP) is 1.38. The van der Waals surface area contributed by atoms with E-state index in [2.05, 4.69) is 17.2 Å². The molecule has 1 rings (SSSR count). The summed E-state index contributed by atoms with van der Waals surface area (Å²) < 4.78 is 0. The molecule has 1 amide bonds. The summed E-state index contributed by atoms with van der Waals surface area (Å²) in [5.41, 5.74) is 5.41. The molecule has 0 aliphatic carbocycles. The number of carbonyl (C=O) groups excluding carboxylic acids is 1. The Kier molecular flexibility index (Phi) is 4.03. The zero-order valence-electron chi connectivity index (χ0n) is 8.41. The van der Waals surface area contributed by atoms with Gasteiger partial charge in [0, 0.05) is 11.1 Å². The van der Waals surface area contributed by atoms with Crippen molar-refractivity contribution in [3.05, 3.63) is 11.1 Å². The lowest BCUT2D eigenvalue weighted by atomic mass is 10.3. The summed E-state index contributed by atoms with van der Waals surface area (Å²) in [4.78, 5) is 16.5. The fourth-order valence-electron chi connectivity index (χ4n) is 0.947. The zero-order chi connectivity index (χ0) is 10.6. The van der Waals surface area contributed by atoms with E-state index in [1.807, 2.05) is 0 Å². The number of nitrogens with zero attached hydrogens (tertiary/aromatic N) is 1. The van der Waals surface area contributed by atoms with Crippen LogP contribution in [-0.4, -0.2) is 16.9 Å². The monoisotopic (exact) mass is 213 g/mol. The topological polar surface area (TPSA) is 68.0 Å². The molecule has 0 saturated carbocycles. The lowest BCUT2D eigenvalue weighted by molar-refractivity contribution is -0.117. The third-order valence-electron chi connectivity index (χ3n) is 1.69. The van der Waals surface area contributed by atoms with Crippen LogP contribution in [0, 0.1) is 0 Å². The van der Waals surface area contributed by atoms with Gasteiger partial charge in [0.1, 0.15) is 0 Å². The first-order chi connectivity index (χ1) is 6.63. The van der Waals surface area contributed by atoms with E-state index < -0.39 is 6.04 Å². The molecular formula is C9H15N3OS. The maximum absolute atomic E-state index is 11.2. The van der Waals surface area contributed by atoms with E-state index in [4.69, 9.17) is 5.73 Å². The van der Waals surface area contributed by atoms with E-state index in [1.54, 1.807) is 13.1 Å². The molecule has 0 bridgehead atoms. The van der Waals surface area contributed by atoms with Gasteiger partial charge in [-0.3, -0.25) is 4.79 Å². The number of nitrogens with one attached hydrogen (secondary N) is 1. The van der Waals surface area contributed by atoms with Crippen LogP contribution in [0.5, 0.6) is 0 Å². The van der Waals surface area contributed by atoms with Crippen LogP contribution in [0.2, 0.25) is 0 Å². The second-order valence-electron chi connectivity index (χ2n) is 3.16. The molecule has 1 heterocycles. The largest absolute Gasteiger partial charge is 0.320 e. The van der Waals surface area contributed by atoms with Gasteiger partial charge < -0.3 is 11.1 Å². The standard InChI is InChI=1S/C9H15N3OS/c1-3-4-7-5-11-9(14-7)12-8(13)6(2)10/h5-6H,3-4,10H2,1-2H3,(H,11,12,13). The highest BCUT2D eigenvalue weighted by Gasteiger charge is 2.09. The number of nitrogens with two attached hydrogens (primary N) is 1. The third kappa shape index (κ3) is 3.08. The molecule has 1 unspecified atom stereocenters. The molecule has 1 aromatic rings. The van der Waals surface area contributed by atoms with Crippen molar-refractivity contribution in [1.82, 2.24) is 4.98 Å². The zero-order valence-corrected chi connectivity index (χ0v) is 9.23. The SMILES string of the molecule is CCCc1cnc(NC(=O)C(C)N)s1. The van der Waals surface area contributed by atoms with Gasteiger partial charge in [-0.2, -0.15) is 0 Å². The number of hydrogen-bond acceptors (Lipinski definition) is 4. The molecule has 0 aliphatic heterocycles. The number of carbonyl (C=O) groups is 1. The number of hydrogen-bond donors (Lipinski definition) is 2. The Hall–Kier alpha value is -0.940. The summed E-state index contributed by atoms with van der Waals surface area (Å²) in [5.74, 6) is -0.192. The van der Waals surface area contributed by atoms with Crippen LogP contribution in [0.1, 0.15) is 25.1 Å². The van der Waals surface area contributed by atoms with Crippen molar-refractivity contribution in [1.29, 1.82) is 0 Å². The van der Waals surface area contributed by atoms with Crippen LogP contribution in [0.25, 0.3) is 0 Å². The highest BCUT2D eigenvalue weighted by molar-refractivity contribution is 7.15. The molecule has 5 heteroatoms. The smallest absolute Gasteiger partial charge is 0.242 e. The van der Waals surface area contributed by atoms with Gasteiger partial charge in [-0.15, -0.1) is 11.3 Å². The van der Waals surface area contributed by atoms with Crippen molar-refractivity contribution in [3.8, 4) is 0 Å². The fraction of sp³-hybridized carbons (Fsp3) is 0.556.